The maximum atomic E-state index is 14.4. The number of piperidine rings is 1. The zero-order valence-corrected chi connectivity index (χ0v) is 57.0. The summed E-state index contributed by atoms with van der Waals surface area (Å²) < 4.78 is 24.1. The molecule has 3 amide bonds. The first-order valence-corrected chi connectivity index (χ1v) is 34.8. The van der Waals surface area contributed by atoms with E-state index >= 15 is 0 Å². The number of carbonyl (C=O) groups excluding carboxylic acids is 7. The predicted molar refractivity (Wildman–Crippen MR) is 356 cm³/mol. The number of aryl methyl sites for hydroxylation is 2. The van der Waals surface area contributed by atoms with Crippen LogP contribution in [0.15, 0.2) is 47.3 Å². The molecule has 516 valence electrons. The molecule has 1 aliphatic carbocycles. The van der Waals surface area contributed by atoms with Crippen LogP contribution in [0.25, 0.3) is 22.0 Å². The zero-order chi connectivity index (χ0) is 67.7. The molecule has 0 radical (unpaired) electrons. The lowest BCUT2D eigenvalue weighted by atomic mass is 9.91. The second-order valence-electron chi connectivity index (χ2n) is 25.1. The Balaban J connectivity index is 0.752. The van der Waals surface area contributed by atoms with Crippen LogP contribution in [0.2, 0.25) is 0 Å². The summed E-state index contributed by atoms with van der Waals surface area (Å²) in [6, 6.07) is 7.60. The van der Waals surface area contributed by atoms with Crippen LogP contribution in [0, 0.1) is 12.3 Å². The minimum atomic E-state index is -1.17. The van der Waals surface area contributed by atoms with Gasteiger partial charge in [0, 0.05) is 88.0 Å². The number of ketones is 4. The Kier molecular flexibility index (Phi) is 33.5. The normalized spacial score (nSPS) is 16.0. The third kappa shape index (κ3) is 26.5. The number of fused-ring (bicyclic) bond motifs is 2. The molecule has 23 nitrogen and oxygen atoms in total. The summed E-state index contributed by atoms with van der Waals surface area (Å²) in [6.07, 6.45) is 24.6. The largest absolute Gasteiger partial charge is 0.481 e. The second-order valence-corrected chi connectivity index (χ2v) is 25.9. The Morgan fingerprint density at radius 3 is 1.97 bits per heavy atom. The SMILES string of the molecule is CCCC[C@@]12C[C@@H](C(=O)Cc3nc(Br)ccc3C)N(C(=O)Cn3nc(C(C)=O)c4cc(-c5cnc(CCC(=O)COCCOCCNC(=O)COCCOCCCC(=O)CC[C@H](NC(=O)CCCCCCCCCCCCCCCCC(=O)O)C(=O)O)nc5)ccc43)[C@@H]1C2. The number of ether oxygens (including phenoxy) is 4. The molecule has 6 rings (SSSR count). The minimum Gasteiger partial charge on any atom is -0.481 e. The number of pyridine rings is 1. The van der Waals surface area contributed by atoms with E-state index in [1.54, 1.807) is 22.0 Å². The molecule has 0 unspecified atom stereocenters. The van der Waals surface area contributed by atoms with Crippen molar-refractivity contribution in [1.29, 1.82) is 0 Å². The van der Waals surface area contributed by atoms with Crippen molar-refractivity contribution >= 4 is 79.6 Å². The van der Waals surface area contributed by atoms with Crippen molar-refractivity contribution in [1.82, 2.24) is 40.3 Å². The summed E-state index contributed by atoms with van der Waals surface area (Å²) in [7, 11) is 0. The fourth-order valence-corrected chi connectivity index (χ4v) is 12.5. The minimum absolute atomic E-state index is 0.0166. The summed E-state index contributed by atoms with van der Waals surface area (Å²) in [4.78, 5) is 129. The lowest BCUT2D eigenvalue weighted by molar-refractivity contribution is -0.142. The average molecular weight is 1370 g/mol. The first kappa shape index (κ1) is 76.3. The summed E-state index contributed by atoms with van der Waals surface area (Å²) in [5.41, 5.74) is 3.81. The van der Waals surface area contributed by atoms with Crippen molar-refractivity contribution < 1.29 is 72.3 Å². The van der Waals surface area contributed by atoms with Gasteiger partial charge in [0.05, 0.1) is 56.7 Å². The van der Waals surface area contributed by atoms with Crippen molar-refractivity contribution in [3.8, 4) is 11.1 Å². The molecule has 0 spiro atoms. The molecule has 3 aromatic heterocycles. The van der Waals surface area contributed by atoms with Crippen LogP contribution in [0.3, 0.4) is 0 Å². The van der Waals surface area contributed by atoms with Crippen molar-refractivity contribution in [2.75, 3.05) is 59.4 Å². The van der Waals surface area contributed by atoms with Gasteiger partial charge in [0.15, 0.2) is 17.3 Å². The number of unbranched alkanes of at least 4 members (excludes halogenated alkanes) is 14. The van der Waals surface area contributed by atoms with Crippen molar-refractivity contribution in [3.63, 3.8) is 0 Å². The molecule has 2 aliphatic rings. The number of carboxylic acid groups (broad SMARTS) is 2. The summed E-state index contributed by atoms with van der Waals surface area (Å²) >= 11 is 3.43. The molecular weight excluding hydrogens is 1270 g/mol. The lowest BCUT2D eigenvalue weighted by Gasteiger charge is -2.27. The standard InChI is InChI=1S/C70H99BrN8O15/c1-4-5-32-70-42-59(60(83)41-57-49(2)24-30-62(71)75-57)79(61(70)43-70)66(86)46-78-58-29-25-51(40-55(58)68(77-78)50(3)80)52-44-73-63(74-45-52)31-27-54(82)47-93-38-37-92-35-33-72-65(85)48-94-39-36-91-34-20-21-53(81)26-28-56(69(89)90)76-64(84)22-18-16-14-12-10-8-6-7-9-11-13-15-17-19-23-67(87)88/h24-25,29-30,40,44-45,56,59,61H,4-23,26-28,31-39,41-43,46-48H2,1-3H3,(H,72,85)(H,76,84)(H,87,88)(H,89,90)/t56-,59-,61+,70-/m0/s1. The quantitative estimate of drug-likeness (QED) is 0.0181. The number of rotatable bonds is 52. The molecule has 1 aromatic carbocycles. The highest BCUT2D eigenvalue weighted by atomic mass is 79.9. The maximum absolute atomic E-state index is 14.4. The third-order valence-electron chi connectivity index (χ3n) is 17.6. The van der Waals surface area contributed by atoms with Gasteiger partial charge in [-0.15, -0.1) is 0 Å². The smallest absolute Gasteiger partial charge is 0.326 e. The number of hydrogen-bond donors (Lipinski definition) is 4. The fourth-order valence-electron chi connectivity index (χ4n) is 12.2. The molecule has 24 heteroatoms. The van der Waals surface area contributed by atoms with E-state index in [0.717, 1.165) is 81.8 Å². The molecule has 1 saturated heterocycles. The van der Waals surface area contributed by atoms with Crippen molar-refractivity contribution in [2.45, 2.75) is 225 Å². The first-order chi connectivity index (χ1) is 45.4. The average Bonchev–Trinajstić information content (AvgIpc) is 1.54. The molecule has 1 saturated carbocycles. The van der Waals surface area contributed by atoms with Crippen LogP contribution < -0.4 is 10.6 Å². The number of nitrogens with zero attached hydrogens (tertiary/aromatic N) is 6. The number of nitrogens with one attached hydrogen (secondary N) is 2. The van der Waals surface area contributed by atoms with E-state index in [1.807, 2.05) is 37.3 Å². The number of carboxylic acids is 2. The van der Waals surface area contributed by atoms with E-state index < -0.39 is 24.0 Å². The van der Waals surface area contributed by atoms with Gasteiger partial charge in [-0.1, -0.05) is 109 Å². The molecule has 94 heavy (non-hydrogen) atoms. The molecule has 4 heterocycles. The summed E-state index contributed by atoms with van der Waals surface area (Å²) in [6.45, 7) is 6.64. The fraction of sp³-hybridized carbons (Fsp3) is 0.643. The van der Waals surface area contributed by atoms with Gasteiger partial charge in [0.25, 0.3) is 0 Å². The van der Waals surface area contributed by atoms with E-state index in [2.05, 4.69) is 53.5 Å². The number of aromatic nitrogens is 5. The van der Waals surface area contributed by atoms with Crippen LogP contribution >= 0.6 is 15.9 Å². The number of likely N-dealkylation sites (tertiary alicyclic amines) is 1. The van der Waals surface area contributed by atoms with Gasteiger partial charge in [-0.25, -0.2) is 19.7 Å². The van der Waals surface area contributed by atoms with E-state index in [1.165, 1.54) is 45.4 Å². The second kappa shape index (κ2) is 41.3. The Morgan fingerprint density at radius 2 is 1.32 bits per heavy atom. The Labute approximate surface area is 560 Å². The third-order valence-corrected chi connectivity index (χ3v) is 18.0. The number of carbonyl (C=O) groups is 9. The number of benzene rings is 1. The Bertz CT molecular complexity index is 3120. The Morgan fingerprint density at radius 1 is 0.681 bits per heavy atom. The topological polar surface area (TPSA) is 315 Å². The molecule has 1 aliphatic heterocycles. The van der Waals surface area contributed by atoms with Crippen LogP contribution in [0.5, 0.6) is 0 Å². The van der Waals surface area contributed by atoms with Gasteiger partial charge in [-0.2, -0.15) is 5.10 Å². The monoisotopic (exact) mass is 1370 g/mol. The number of amides is 3. The van der Waals surface area contributed by atoms with Gasteiger partial charge in [0.2, 0.25) is 17.7 Å². The molecule has 4 N–H and O–H groups in total. The molecule has 0 bridgehead atoms. The van der Waals surface area contributed by atoms with Gasteiger partial charge in [-0.05, 0) is 103 Å². The molecule has 4 aromatic rings. The van der Waals surface area contributed by atoms with Crippen molar-refractivity contribution in [2.24, 2.45) is 5.41 Å². The van der Waals surface area contributed by atoms with E-state index in [-0.39, 0.29) is 169 Å². The summed E-state index contributed by atoms with van der Waals surface area (Å²) in [5, 5.41) is 28.8. The van der Waals surface area contributed by atoms with Gasteiger partial charge in [0.1, 0.15) is 47.7 Å². The van der Waals surface area contributed by atoms with Crippen molar-refractivity contribution in [3.05, 3.63) is 70.1 Å². The number of Topliss-reactive ketones (excluding diaryl/α,β-unsaturated/α-hetero) is 4. The first-order valence-electron chi connectivity index (χ1n) is 34.0. The van der Waals surface area contributed by atoms with Gasteiger partial charge >= 0.3 is 11.9 Å². The number of halogens is 1. The highest BCUT2D eigenvalue weighted by molar-refractivity contribution is 9.10. The van der Waals surface area contributed by atoms with Gasteiger partial charge in [-0.3, -0.25) is 43.0 Å². The van der Waals surface area contributed by atoms with Gasteiger partial charge < -0.3 is 44.7 Å². The predicted octanol–water partition coefficient (Wildman–Crippen LogP) is 10.2. The van der Waals surface area contributed by atoms with E-state index in [9.17, 15) is 48.3 Å². The van der Waals surface area contributed by atoms with E-state index in [4.69, 9.17) is 24.1 Å². The Hall–Kier alpha value is -6.73. The van der Waals surface area contributed by atoms with Crippen LogP contribution in [-0.4, -0.2) is 170 Å². The number of hydrogen-bond acceptors (Lipinski definition) is 17. The maximum Gasteiger partial charge on any atom is 0.326 e. The summed E-state index contributed by atoms with van der Waals surface area (Å²) in [5.74, 6) is -2.80. The lowest BCUT2D eigenvalue weighted by Crippen LogP contribution is -2.45. The van der Waals surface area contributed by atoms with Crippen LogP contribution in [-0.2, 0) is 76.7 Å². The van der Waals surface area contributed by atoms with E-state index in [0.29, 0.717) is 58.3 Å². The molecule has 4 atom stereocenters. The number of aliphatic carboxylic acids is 2. The molecule has 2 fully saturated rings. The zero-order valence-electron chi connectivity index (χ0n) is 55.4. The highest BCUT2D eigenvalue weighted by Gasteiger charge is 2.66. The molecular formula is C70H99BrN8O15. The van der Waals surface area contributed by atoms with Crippen LogP contribution in [0.4, 0.5) is 0 Å². The van der Waals surface area contributed by atoms with Crippen LogP contribution in [0.1, 0.15) is 208 Å². The highest BCUT2D eigenvalue weighted by Crippen LogP contribution is 2.62.